The summed E-state index contributed by atoms with van der Waals surface area (Å²) >= 11 is 0. The average Bonchev–Trinajstić information content (AvgIpc) is 3.16. The van der Waals surface area contributed by atoms with Crippen LogP contribution in [-0.2, 0) is 35.5 Å². The molecule has 0 bridgehead atoms. The fraction of sp³-hybridized carbons (Fsp3) is 0.520. The van der Waals surface area contributed by atoms with E-state index in [9.17, 15) is 14.7 Å². The number of hydrogen-bond donors (Lipinski definition) is 3. The third-order valence-electron chi connectivity index (χ3n) is 6.01. The molecule has 11 heteroatoms. The van der Waals surface area contributed by atoms with Crippen LogP contribution in [0.4, 0.5) is 5.82 Å². The van der Waals surface area contributed by atoms with Gasteiger partial charge < -0.3 is 25.3 Å². The number of aryl methyl sites for hydroxylation is 1. The number of aromatic amines is 1. The van der Waals surface area contributed by atoms with E-state index in [1.165, 1.54) is 0 Å². The first-order valence-corrected chi connectivity index (χ1v) is 12.3. The number of nitrogens with zero attached hydrogens (tertiary/aromatic N) is 4. The van der Waals surface area contributed by atoms with E-state index in [1.807, 2.05) is 18.2 Å². The van der Waals surface area contributed by atoms with Gasteiger partial charge >= 0.3 is 17.7 Å². The molecule has 2 heterocycles. The SMILES string of the molecule is CCCCOc1nc(N)c2[nH]c(=O)n(CCN(CCOC)Cc3cc(CC(=O)O)ccc3CC)c2n1. The van der Waals surface area contributed by atoms with Crippen LogP contribution >= 0.6 is 0 Å². The number of nitrogens with two attached hydrogens (primary N) is 1. The number of anilines is 1. The number of hydrogen-bond acceptors (Lipinski definition) is 8. The number of nitrogen functional groups attached to an aromatic ring is 1. The number of fused-ring (bicyclic) bond motifs is 1. The molecule has 1 aromatic carbocycles. The number of aromatic nitrogens is 4. The molecule has 0 aliphatic heterocycles. The molecule has 3 rings (SSSR count). The molecule has 36 heavy (non-hydrogen) atoms. The standard InChI is InChI=1S/C25H36N6O5/c1-4-6-12-36-24-28-22(26)21-23(29-24)31(25(34)27-21)10-9-30(11-13-35-3)16-19-14-17(15-20(32)33)7-8-18(19)5-2/h7-8,14H,4-6,9-13,15-16H2,1-3H3,(H,27,34)(H,32,33)(H2,26,28,29). The summed E-state index contributed by atoms with van der Waals surface area (Å²) in [5.74, 6) is -0.694. The van der Waals surface area contributed by atoms with Crippen LogP contribution in [0.1, 0.15) is 43.4 Å². The van der Waals surface area contributed by atoms with E-state index in [0.29, 0.717) is 50.6 Å². The fourth-order valence-corrected chi connectivity index (χ4v) is 4.04. The molecular formula is C25H36N6O5. The van der Waals surface area contributed by atoms with E-state index in [4.69, 9.17) is 15.2 Å². The van der Waals surface area contributed by atoms with Crippen molar-refractivity contribution in [2.45, 2.75) is 52.6 Å². The van der Waals surface area contributed by atoms with Crippen LogP contribution < -0.4 is 16.2 Å². The van der Waals surface area contributed by atoms with Crippen molar-refractivity contribution in [1.29, 1.82) is 0 Å². The van der Waals surface area contributed by atoms with Crippen LogP contribution in [-0.4, -0.2) is 68.9 Å². The lowest BCUT2D eigenvalue weighted by Gasteiger charge is -2.24. The van der Waals surface area contributed by atoms with Crippen molar-refractivity contribution < 1.29 is 19.4 Å². The lowest BCUT2D eigenvalue weighted by Crippen LogP contribution is -2.33. The van der Waals surface area contributed by atoms with Gasteiger partial charge in [0.25, 0.3) is 0 Å². The zero-order valence-corrected chi connectivity index (χ0v) is 21.2. The third kappa shape index (κ3) is 7.05. The number of rotatable bonds is 15. The van der Waals surface area contributed by atoms with Crippen LogP contribution in [0.3, 0.4) is 0 Å². The Labute approximate surface area is 210 Å². The summed E-state index contributed by atoms with van der Waals surface area (Å²) in [7, 11) is 1.65. The minimum atomic E-state index is -0.862. The summed E-state index contributed by atoms with van der Waals surface area (Å²) < 4.78 is 12.5. The zero-order valence-electron chi connectivity index (χ0n) is 21.2. The van der Waals surface area contributed by atoms with E-state index in [2.05, 4.69) is 33.7 Å². The summed E-state index contributed by atoms with van der Waals surface area (Å²) in [5, 5.41) is 9.19. The first-order valence-electron chi connectivity index (χ1n) is 12.3. The van der Waals surface area contributed by atoms with Crippen LogP contribution in [0.25, 0.3) is 11.2 Å². The van der Waals surface area contributed by atoms with Crippen LogP contribution in [0.5, 0.6) is 6.01 Å². The van der Waals surface area contributed by atoms with Crippen molar-refractivity contribution in [2.75, 3.05) is 39.1 Å². The van der Waals surface area contributed by atoms with Crippen LogP contribution in [0, 0.1) is 0 Å². The van der Waals surface area contributed by atoms with Crippen molar-refractivity contribution in [3.05, 3.63) is 45.4 Å². The number of ether oxygens (including phenoxy) is 2. The minimum absolute atomic E-state index is 0.0242. The molecule has 3 aromatic rings. The molecule has 0 spiro atoms. The van der Waals surface area contributed by atoms with Crippen molar-refractivity contribution in [3.63, 3.8) is 0 Å². The summed E-state index contributed by atoms with van der Waals surface area (Å²) in [6.07, 6.45) is 2.65. The lowest BCUT2D eigenvalue weighted by molar-refractivity contribution is -0.136. The molecule has 0 unspecified atom stereocenters. The predicted octanol–water partition coefficient (Wildman–Crippen LogP) is 2.22. The maximum atomic E-state index is 12.7. The second kappa shape index (κ2) is 13.0. The number of carboxylic acids is 1. The molecule has 196 valence electrons. The molecule has 0 atom stereocenters. The Morgan fingerprint density at radius 2 is 2.00 bits per heavy atom. The molecule has 0 radical (unpaired) electrons. The molecule has 0 saturated heterocycles. The largest absolute Gasteiger partial charge is 0.481 e. The first-order chi connectivity index (χ1) is 17.4. The smallest absolute Gasteiger partial charge is 0.327 e. The van der Waals surface area contributed by atoms with Crippen molar-refractivity contribution in [2.24, 2.45) is 0 Å². The highest BCUT2D eigenvalue weighted by Crippen LogP contribution is 2.19. The molecule has 4 N–H and O–H groups in total. The second-order valence-corrected chi connectivity index (χ2v) is 8.67. The van der Waals surface area contributed by atoms with Crippen molar-refractivity contribution >= 4 is 23.0 Å². The molecule has 0 fully saturated rings. The lowest BCUT2D eigenvalue weighted by atomic mass is 10.00. The predicted molar refractivity (Wildman–Crippen MR) is 137 cm³/mol. The average molecular weight is 501 g/mol. The van der Waals surface area contributed by atoms with E-state index in [1.54, 1.807) is 11.7 Å². The van der Waals surface area contributed by atoms with Gasteiger partial charge in [-0.2, -0.15) is 9.97 Å². The number of methoxy groups -OCH3 is 1. The number of H-pyrrole nitrogens is 1. The zero-order chi connectivity index (χ0) is 26.1. The monoisotopic (exact) mass is 500 g/mol. The van der Waals surface area contributed by atoms with Gasteiger partial charge in [0.15, 0.2) is 11.5 Å². The maximum Gasteiger partial charge on any atom is 0.327 e. The molecule has 0 amide bonds. The number of carbonyl (C=O) groups is 1. The second-order valence-electron chi connectivity index (χ2n) is 8.67. The van der Waals surface area contributed by atoms with Gasteiger partial charge in [0.1, 0.15) is 5.52 Å². The molecular weight excluding hydrogens is 464 g/mol. The summed E-state index contributed by atoms with van der Waals surface area (Å²) in [6.45, 7) is 7.27. The van der Waals surface area contributed by atoms with Crippen molar-refractivity contribution in [1.82, 2.24) is 24.4 Å². The van der Waals surface area contributed by atoms with E-state index < -0.39 is 5.97 Å². The minimum Gasteiger partial charge on any atom is -0.481 e. The van der Waals surface area contributed by atoms with E-state index in [0.717, 1.165) is 36.0 Å². The Morgan fingerprint density at radius 1 is 1.19 bits per heavy atom. The number of benzene rings is 1. The highest BCUT2D eigenvalue weighted by Gasteiger charge is 2.17. The van der Waals surface area contributed by atoms with E-state index >= 15 is 0 Å². The number of carboxylic acid groups (broad SMARTS) is 1. The summed E-state index contributed by atoms with van der Waals surface area (Å²) in [6, 6.07) is 5.97. The molecule has 11 nitrogen and oxygen atoms in total. The number of imidazole rings is 1. The Kier molecular flexibility index (Phi) is 9.83. The topological polar surface area (TPSA) is 149 Å². The Morgan fingerprint density at radius 3 is 2.69 bits per heavy atom. The number of nitrogens with one attached hydrogen (secondary N) is 1. The highest BCUT2D eigenvalue weighted by atomic mass is 16.5. The van der Waals surface area contributed by atoms with Gasteiger partial charge in [0, 0.05) is 33.3 Å². The Bertz CT molecular complexity index is 1220. The third-order valence-corrected chi connectivity index (χ3v) is 6.01. The van der Waals surface area contributed by atoms with Gasteiger partial charge in [-0.15, -0.1) is 0 Å². The highest BCUT2D eigenvalue weighted by molar-refractivity contribution is 5.81. The first kappa shape index (κ1) is 27.2. The van der Waals surface area contributed by atoms with Crippen LogP contribution in [0.2, 0.25) is 0 Å². The summed E-state index contributed by atoms with van der Waals surface area (Å²) in [4.78, 5) is 37.5. The van der Waals surface area contributed by atoms with Gasteiger partial charge in [0.2, 0.25) is 0 Å². The molecule has 0 aliphatic rings. The number of aliphatic carboxylic acids is 1. The number of unbranched alkanes of at least 4 members (excludes halogenated alkanes) is 1. The fourth-order valence-electron chi connectivity index (χ4n) is 4.04. The summed E-state index contributed by atoms with van der Waals surface area (Å²) in [5.41, 5.74) is 9.53. The Balaban J connectivity index is 1.83. The van der Waals surface area contributed by atoms with Crippen molar-refractivity contribution in [3.8, 4) is 6.01 Å². The molecule has 0 aliphatic carbocycles. The van der Waals surface area contributed by atoms with E-state index in [-0.39, 0.29) is 23.9 Å². The van der Waals surface area contributed by atoms with Gasteiger partial charge in [0.05, 0.1) is 19.6 Å². The normalized spacial score (nSPS) is 11.4. The van der Waals surface area contributed by atoms with Gasteiger partial charge in [-0.05, 0) is 29.5 Å². The van der Waals surface area contributed by atoms with Crippen LogP contribution in [0.15, 0.2) is 23.0 Å². The van der Waals surface area contributed by atoms with Gasteiger partial charge in [-0.25, -0.2) is 4.79 Å². The van der Waals surface area contributed by atoms with Gasteiger partial charge in [-0.1, -0.05) is 38.5 Å². The quantitative estimate of drug-likeness (QED) is 0.267. The Hall–Kier alpha value is -3.44. The maximum absolute atomic E-state index is 12.7. The molecule has 2 aromatic heterocycles. The van der Waals surface area contributed by atoms with Gasteiger partial charge in [-0.3, -0.25) is 14.3 Å². The molecule has 0 saturated carbocycles.